The van der Waals surface area contributed by atoms with E-state index in [1.165, 1.54) is 9.75 Å². The molecule has 1 radical (unpaired) electrons. The van der Waals surface area contributed by atoms with Crippen LogP contribution in [-0.2, 0) is 20.1 Å². The van der Waals surface area contributed by atoms with Crippen molar-refractivity contribution < 1.29 is 20.1 Å². The monoisotopic (exact) mass is 421 g/mol. The molecular formula is C12H10IrN3S-. The van der Waals surface area contributed by atoms with Crippen molar-refractivity contribution in [2.45, 2.75) is 6.92 Å². The summed E-state index contributed by atoms with van der Waals surface area (Å²) in [6.07, 6.45) is 4.97. The van der Waals surface area contributed by atoms with Crippen LogP contribution in [0.4, 0.5) is 0 Å². The maximum absolute atomic E-state index is 4.16. The number of H-pyrrole nitrogens is 1. The summed E-state index contributed by atoms with van der Waals surface area (Å²) in [4.78, 5) is 2.55. The summed E-state index contributed by atoms with van der Waals surface area (Å²) in [5.41, 5.74) is 1.13. The van der Waals surface area contributed by atoms with Gasteiger partial charge in [0, 0.05) is 36.1 Å². The van der Waals surface area contributed by atoms with Crippen LogP contribution in [0.25, 0.3) is 16.4 Å². The Labute approximate surface area is 117 Å². The molecule has 0 aliphatic heterocycles. The van der Waals surface area contributed by atoms with Crippen molar-refractivity contribution in [3.8, 4) is 16.4 Å². The Morgan fingerprint density at radius 1 is 1.29 bits per heavy atom. The molecule has 0 aromatic carbocycles. The van der Waals surface area contributed by atoms with Crippen LogP contribution in [0.15, 0.2) is 36.5 Å². The Balaban J connectivity index is 0.00000108. The maximum atomic E-state index is 4.16. The zero-order valence-corrected chi connectivity index (χ0v) is 12.3. The number of nitrogens with zero attached hydrogens (tertiary/aromatic N) is 2. The third-order valence-electron chi connectivity index (χ3n) is 2.39. The molecule has 0 atom stereocenters. The van der Waals surface area contributed by atoms with Crippen molar-refractivity contribution in [1.29, 1.82) is 0 Å². The summed E-state index contributed by atoms with van der Waals surface area (Å²) < 4.78 is 1.96. The fourth-order valence-corrected chi connectivity index (χ4v) is 2.55. The van der Waals surface area contributed by atoms with Gasteiger partial charge in [0.2, 0.25) is 0 Å². The van der Waals surface area contributed by atoms with Crippen LogP contribution in [0.1, 0.15) is 4.88 Å². The van der Waals surface area contributed by atoms with Crippen LogP contribution in [0.3, 0.4) is 0 Å². The number of aromatic nitrogens is 3. The van der Waals surface area contributed by atoms with Crippen LogP contribution < -0.4 is 0 Å². The van der Waals surface area contributed by atoms with Gasteiger partial charge in [-0.3, -0.25) is 5.10 Å². The molecule has 1 N–H and O–H groups in total. The van der Waals surface area contributed by atoms with Crippen LogP contribution in [0.2, 0.25) is 0 Å². The van der Waals surface area contributed by atoms with Crippen molar-refractivity contribution in [3.63, 3.8) is 0 Å². The molecule has 0 aliphatic rings. The van der Waals surface area contributed by atoms with E-state index in [4.69, 9.17) is 0 Å². The second-order valence-corrected chi connectivity index (χ2v) is 4.81. The summed E-state index contributed by atoms with van der Waals surface area (Å²) in [6.45, 7) is 2.11. The number of hydrogen-bond donors (Lipinski definition) is 1. The minimum absolute atomic E-state index is 0. The van der Waals surface area contributed by atoms with E-state index < -0.39 is 0 Å². The molecule has 0 unspecified atom stereocenters. The number of nitrogens with one attached hydrogen (secondary N) is 1. The molecule has 0 fully saturated rings. The molecule has 0 saturated carbocycles. The average molecular weight is 421 g/mol. The predicted molar refractivity (Wildman–Crippen MR) is 64.8 cm³/mol. The Kier molecular flexibility index (Phi) is 3.62. The molecule has 0 saturated heterocycles. The first-order valence-corrected chi connectivity index (χ1v) is 5.82. The summed E-state index contributed by atoms with van der Waals surface area (Å²) in [6, 6.07) is 10.2. The summed E-state index contributed by atoms with van der Waals surface area (Å²) in [7, 11) is 0. The maximum Gasteiger partial charge on any atom is 0.0759 e. The van der Waals surface area contributed by atoms with Crippen molar-refractivity contribution in [3.05, 3.63) is 47.6 Å². The number of aryl methyl sites for hydroxylation is 1. The van der Waals surface area contributed by atoms with Gasteiger partial charge < -0.3 is 4.57 Å². The molecule has 0 bridgehead atoms. The first-order valence-electron chi connectivity index (χ1n) is 5.01. The molecule has 0 amide bonds. The quantitative estimate of drug-likeness (QED) is 0.636. The van der Waals surface area contributed by atoms with E-state index in [1.54, 1.807) is 11.3 Å². The Morgan fingerprint density at radius 3 is 2.82 bits per heavy atom. The number of rotatable bonds is 2. The second-order valence-electron chi connectivity index (χ2n) is 3.53. The van der Waals surface area contributed by atoms with E-state index in [2.05, 4.69) is 41.5 Å². The van der Waals surface area contributed by atoms with E-state index >= 15 is 0 Å². The van der Waals surface area contributed by atoms with Gasteiger partial charge in [0.1, 0.15) is 0 Å². The number of thiophene rings is 1. The largest absolute Gasteiger partial charge is 0.427 e. The molecule has 3 heterocycles. The van der Waals surface area contributed by atoms with Crippen LogP contribution >= 0.6 is 11.3 Å². The fourth-order valence-electron chi connectivity index (χ4n) is 1.67. The summed E-state index contributed by atoms with van der Waals surface area (Å²) in [5, 5.41) is 6.98. The zero-order chi connectivity index (χ0) is 11.0. The number of aromatic amines is 1. The van der Waals surface area contributed by atoms with Crippen molar-refractivity contribution in [2.24, 2.45) is 0 Å². The van der Waals surface area contributed by atoms with E-state index in [1.807, 2.05) is 22.9 Å². The van der Waals surface area contributed by atoms with Gasteiger partial charge in [-0.2, -0.15) is 11.3 Å². The van der Waals surface area contributed by atoms with E-state index in [9.17, 15) is 0 Å². The molecule has 0 aliphatic carbocycles. The first kappa shape index (κ1) is 12.3. The third kappa shape index (κ3) is 2.27. The van der Waals surface area contributed by atoms with Crippen LogP contribution in [0.5, 0.6) is 0 Å². The fraction of sp³-hybridized carbons (Fsp3) is 0.0833. The molecule has 17 heavy (non-hydrogen) atoms. The minimum Gasteiger partial charge on any atom is -0.427 e. The van der Waals surface area contributed by atoms with Gasteiger partial charge >= 0.3 is 0 Å². The molecule has 3 aromatic rings. The van der Waals surface area contributed by atoms with Gasteiger partial charge in [0.25, 0.3) is 0 Å². The third-order valence-corrected chi connectivity index (χ3v) is 3.42. The molecule has 3 nitrogen and oxygen atoms in total. The molecular weight excluding hydrogens is 410 g/mol. The van der Waals surface area contributed by atoms with Gasteiger partial charge in [0.05, 0.1) is 5.82 Å². The summed E-state index contributed by atoms with van der Waals surface area (Å²) in [5.74, 6) is 0.867. The van der Waals surface area contributed by atoms with Gasteiger partial charge in [-0.25, -0.2) is 5.10 Å². The minimum atomic E-state index is 0. The summed E-state index contributed by atoms with van der Waals surface area (Å²) >= 11 is 1.78. The molecule has 3 aromatic heterocycles. The Bertz CT molecular complexity index is 595. The Morgan fingerprint density at radius 2 is 2.18 bits per heavy atom. The predicted octanol–water partition coefficient (Wildman–Crippen LogP) is 3.04. The SMILES string of the molecule is Cc1ccc(-c2cc[c-]n2-c2cc[nH]n2)s1.[Ir]. The van der Waals surface area contributed by atoms with Gasteiger partial charge in [-0.1, -0.05) is 18.0 Å². The zero-order valence-electron chi connectivity index (χ0n) is 9.10. The van der Waals surface area contributed by atoms with Gasteiger partial charge in [0.15, 0.2) is 0 Å². The topological polar surface area (TPSA) is 33.6 Å². The van der Waals surface area contributed by atoms with Crippen molar-refractivity contribution in [2.75, 3.05) is 0 Å². The molecule has 5 heteroatoms. The second kappa shape index (κ2) is 5.00. The van der Waals surface area contributed by atoms with E-state index in [0.717, 1.165) is 11.5 Å². The van der Waals surface area contributed by atoms with E-state index in [0.29, 0.717) is 0 Å². The van der Waals surface area contributed by atoms with E-state index in [-0.39, 0.29) is 20.1 Å². The smallest absolute Gasteiger partial charge is 0.0759 e. The standard InChI is InChI=1S/C12H10N3S.Ir/c1-9-4-5-11(16-9)10-3-2-8-15(10)12-6-7-13-14-12;/h2-7H,1H3,(H,13,14);/q-1;. The molecule has 3 rings (SSSR count). The van der Waals surface area contributed by atoms with Gasteiger partial charge in [-0.05, 0) is 19.1 Å². The van der Waals surface area contributed by atoms with Crippen molar-refractivity contribution in [1.82, 2.24) is 14.8 Å². The van der Waals surface area contributed by atoms with Crippen molar-refractivity contribution >= 4 is 11.3 Å². The molecule has 89 valence electrons. The van der Waals surface area contributed by atoms with Crippen LogP contribution in [0, 0.1) is 13.1 Å². The van der Waals surface area contributed by atoms with Gasteiger partial charge in [-0.15, -0.1) is 12.1 Å². The average Bonchev–Trinajstić information content (AvgIpc) is 2.96. The molecule has 0 spiro atoms. The number of hydrogen-bond acceptors (Lipinski definition) is 2. The Hall–Kier alpha value is -1.16. The normalized spacial score (nSPS) is 10.2. The van der Waals surface area contributed by atoms with Crippen LogP contribution in [-0.4, -0.2) is 14.8 Å². The first-order chi connectivity index (χ1) is 7.84.